The van der Waals surface area contributed by atoms with Gasteiger partial charge in [-0.05, 0) is 37.6 Å². The highest BCUT2D eigenvalue weighted by atomic mass is 31.2. The molecule has 0 bridgehead atoms. The Kier molecular flexibility index (Phi) is 9.33. The Bertz CT molecular complexity index is 1060. The summed E-state index contributed by atoms with van der Waals surface area (Å²) in [6, 6.07) is 5.56. The number of halogens is 1. The molecule has 32 heavy (non-hydrogen) atoms. The van der Waals surface area contributed by atoms with Gasteiger partial charge in [0.1, 0.15) is 18.1 Å². The van der Waals surface area contributed by atoms with Crippen LogP contribution >= 0.6 is 7.75 Å². The topological polar surface area (TPSA) is 138 Å². The molecule has 11 nitrogen and oxygen atoms in total. The van der Waals surface area contributed by atoms with Crippen LogP contribution in [0.25, 0.3) is 0 Å². The summed E-state index contributed by atoms with van der Waals surface area (Å²) in [4.78, 5) is 36.8. The van der Waals surface area contributed by atoms with Gasteiger partial charge in [0.2, 0.25) is 0 Å². The summed E-state index contributed by atoms with van der Waals surface area (Å²) in [5.74, 6) is -1.17. The van der Waals surface area contributed by atoms with Crippen molar-refractivity contribution in [3.63, 3.8) is 0 Å². The standard InChI is InChI=1S/C19H25FN3O8P/c1-13(23-9-8-17(24)22-19(23)26)10-16(28-2)12-30-32(27,21-11-18(25)29-3)31-15-6-4-14(20)5-7-15/h4-9,13,16H,10-12H2,1-3H3,(H,21,27)(H,22,24,26). The third-order valence-corrected chi connectivity index (χ3v) is 5.86. The lowest BCUT2D eigenvalue weighted by atomic mass is 10.1. The molecule has 0 fully saturated rings. The lowest BCUT2D eigenvalue weighted by Gasteiger charge is -2.24. The molecule has 2 N–H and O–H groups in total. The molecule has 1 aromatic carbocycles. The number of rotatable bonds is 12. The molecule has 13 heteroatoms. The predicted molar refractivity (Wildman–Crippen MR) is 112 cm³/mol. The average Bonchev–Trinajstić information content (AvgIpc) is 2.76. The maximum Gasteiger partial charge on any atom is 0.459 e. The Hall–Kier alpha value is -2.79. The molecule has 2 rings (SSSR count). The Morgan fingerprint density at radius 2 is 1.91 bits per heavy atom. The number of esters is 1. The predicted octanol–water partition coefficient (Wildman–Crippen LogP) is 1.61. The molecule has 0 amide bonds. The summed E-state index contributed by atoms with van der Waals surface area (Å²) in [5.41, 5.74) is -1.09. The normalized spacial score (nSPS) is 14.9. The molecule has 0 aliphatic rings. The molecular formula is C19H25FN3O8P. The largest absolute Gasteiger partial charge is 0.468 e. The second kappa shape index (κ2) is 11.7. The highest BCUT2D eigenvalue weighted by Gasteiger charge is 2.30. The van der Waals surface area contributed by atoms with Gasteiger partial charge in [0, 0.05) is 25.4 Å². The monoisotopic (exact) mass is 473 g/mol. The van der Waals surface area contributed by atoms with Gasteiger partial charge in [-0.25, -0.2) is 18.8 Å². The van der Waals surface area contributed by atoms with Crippen LogP contribution in [-0.4, -0.2) is 49.0 Å². The minimum atomic E-state index is -4.09. The van der Waals surface area contributed by atoms with Crippen molar-refractivity contribution in [3.05, 3.63) is 63.2 Å². The molecular weight excluding hydrogens is 448 g/mol. The molecule has 0 aliphatic heterocycles. The van der Waals surface area contributed by atoms with Gasteiger partial charge in [-0.1, -0.05) is 0 Å². The number of benzene rings is 1. The van der Waals surface area contributed by atoms with Crippen molar-refractivity contribution >= 4 is 13.7 Å². The van der Waals surface area contributed by atoms with Crippen LogP contribution in [0.4, 0.5) is 4.39 Å². The Morgan fingerprint density at radius 3 is 2.50 bits per heavy atom. The van der Waals surface area contributed by atoms with Crippen LogP contribution in [0.3, 0.4) is 0 Å². The molecule has 0 spiro atoms. The zero-order chi connectivity index (χ0) is 23.7. The van der Waals surface area contributed by atoms with Crippen LogP contribution in [0.2, 0.25) is 0 Å². The van der Waals surface area contributed by atoms with Gasteiger partial charge < -0.3 is 14.0 Å². The number of ether oxygens (including phenoxy) is 2. The quantitative estimate of drug-likeness (QED) is 0.348. The average molecular weight is 473 g/mol. The van der Waals surface area contributed by atoms with Crippen LogP contribution in [0.5, 0.6) is 5.75 Å². The van der Waals surface area contributed by atoms with E-state index in [0.717, 1.165) is 19.2 Å². The van der Waals surface area contributed by atoms with E-state index < -0.39 is 49.5 Å². The molecule has 0 radical (unpaired) electrons. The van der Waals surface area contributed by atoms with E-state index in [-0.39, 0.29) is 18.8 Å². The molecule has 0 aliphatic carbocycles. The molecule has 176 valence electrons. The van der Waals surface area contributed by atoms with Crippen molar-refractivity contribution in [1.29, 1.82) is 0 Å². The minimum Gasteiger partial charge on any atom is -0.468 e. The third kappa shape index (κ3) is 7.72. The van der Waals surface area contributed by atoms with Gasteiger partial charge in [-0.3, -0.25) is 23.7 Å². The number of aromatic amines is 1. The number of hydrogen-bond donors (Lipinski definition) is 2. The molecule has 3 unspecified atom stereocenters. The minimum absolute atomic E-state index is 0.0502. The molecule has 2 aromatic rings. The van der Waals surface area contributed by atoms with Crippen LogP contribution in [0.15, 0.2) is 46.1 Å². The lowest BCUT2D eigenvalue weighted by molar-refractivity contribution is -0.139. The number of H-pyrrole nitrogens is 1. The van der Waals surface area contributed by atoms with Crippen molar-refractivity contribution in [1.82, 2.24) is 14.6 Å². The second-order valence-electron chi connectivity index (χ2n) is 6.71. The third-order valence-electron chi connectivity index (χ3n) is 4.38. The van der Waals surface area contributed by atoms with Crippen molar-refractivity contribution in [2.24, 2.45) is 0 Å². The first-order valence-electron chi connectivity index (χ1n) is 9.51. The van der Waals surface area contributed by atoms with Gasteiger partial charge in [0.15, 0.2) is 0 Å². The Labute approximate surface area is 183 Å². The second-order valence-corrected chi connectivity index (χ2v) is 8.46. The van der Waals surface area contributed by atoms with Gasteiger partial charge >= 0.3 is 19.4 Å². The fraction of sp³-hybridized carbons (Fsp3) is 0.421. The summed E-state index contributed by atoms with van der Waals surface area (Å²) in [7, 11) is -1.52. The fourth-order valence-corrected chi connectivity index (χ4v) is 3.95. The molecule has 0 saturated carbocycles. The first kappa shape index (κ1) is 25.5. The number of nitrogens with one attached hydrogen (secondary N) is 2. The number of carbonyl (C=O) groups excluding carboxylic acids is 1. The lowest BCUT2D eigenvalue weighted by Crippen LogP contribution is -2.33. The van der Waals surface area contributed by atoms with E-state index in [0.29, 0.717) is 0 Å². The first-order valence-corrected chi connectivity index (χ1v) is 11.1. The van der Waals surface area contributed by atoms with E-state index in [1.165, 1.54) is 36.1 Å². The highest BCUT2D eigenvalue weighted by Crippen LogP contribution is 2.44. The number of nitrogens with zero attached hydrogens (tertiary/aromatic N) is 1. The fourth-order valence-electron chi connectivity index (χ4n) is 2.65. The molecule has 3 atom stereocenters. The van der Waals surface area contributed by atoms with Gasteiger partial charge in [-0.15, -0.1) is 0 Å². The number of carbonyl (C=O) groups is 1. The van der Waals surface area contributed by atoms with Gasteiger partial charge in [-0.2, -0.15) is 0 Å². The van der Waals surface area contributed by atoms with Crippen molar-refractivity contribution in [2.75, 3.05) is 27.4 Å². The van der Waals surface area contributed by atoms with Gasteiger partial charge in [0.25, 0.3) is 5.56 Å². The molecule has 1 aromatic heterocycles. The van der Waals surface area contributed by atoms with Crippen molar-refractivity contribution < 1.29 is 32.3 Å². The van der Waals surface area contributed by atoms with E-state index in [1.807, 2.05) is 0 Å². The van der Waals surface area contributed by atoms with Crippen LogP contribution in [0.1, 0.15) is 19.4 Å². The molecule has 1 heterocycles. The zero-order valence-corrected chi connectivity index (χ0v) is 18.7. The van der Waals surface area contributed by atoms with Crippen molar-refractivity contribution in [3.8, 4) is 5.75 Å². The zero-order valence-electron chi connectivity index (χ0n) is 17.8. The first-order chi connectivity index (χ1) is 15.2. The Balaban J connectivity index is 2.09. The number of methoxy groups -OCH3 is 2. The maximum atomic E-state index is 13.1. The Morgan fingerprint density at radius 1 is 1.22 bits per heavy atom. The van der Waals surface area contributed by atoms with E-state index in [9.17, 15) is 23.3 Å². The summed E-state index contributed by atoms with van der Waals surface area (Å²) < 4.78 is 48.3. The van der Waals surface area contributed by atoms with E-state index in [2.05, 4.69) is 14.8 Å². The van der Waals surface area contributed by atoms with E-state index in [1.54, 1.807) is 6.92 Å². The van der Waals surface area contributed by atoms with Crippen LogP contribution < -0.4 is 20.9 Å². The number of hydrogen-bond acceptors (Lipinski definition) is 8. The maximum absolute atomic E-state index is 13.1. The van der Waals surface area contributed by atoms with E-state index >= 15 is 0 Å². The van der Waals surface area contributed by atoms with Crippen molar-refractivity contribution in [2.45, 2.75) is 25.5 Å². The molecule has 0 saturated heterocycles. The van der Waals surface area contributed by atoms with E-state index in [4.69, 9.17) is 13.8 Å². The number of aromatic nitrogens is 2. The summed E-state index contributed by atoms with van der Waals surface area (Å²) in [6.07, 6.45) is 0.990. The summed E-state index contributed by atoms with van der Waals surface area (Å²) in [5, 5.41) is 2.38. The SMILES string of the molecule is COC(=O)CNP(=O)(OCC(CC(C)n1ccc(=O)[nH]c1=O)OC)Oc1ccc(F)cc1. The smallest absolute Gasteiger partial charge is 0.459 e. The summed E-state index contributed by atoms with van der Waals surface area (Å²) in [6.45, 7) is 1.04. The van der Waals surface area contributed by atoms with Crippen LogP contribution in [-0.2, 0) is 23.4 Å². The van der Waals surface area contributed by atoms with Crippen LogP contribution in [0, 0.1) is 5.82 Å². The highest BCUT2D eigenvalue weighted by molar-refractivity contribution is 7.52. The van der Waals surface area contributed by atoms with Gasteiger partial charge in [0.05, 0.1) is 19.8 Å². The summed E-state index contributed by atoms with van der Waals surface area (Å²) >= 11 is 0.